The van der Waals surface area contributed by atoms with Crippen LogP contribution >= 0.6 is 0 Å². The lowest BCUT2D eigenvalue weighted by atomic mass is 9.79. The second-order valence-corrected chi connectivity index (χ2v) is 7.21. The molecule has 150 valence electrons. The minimum Gasteiger partial charge on any atom is -0.492 e. The van der Waals surface area contributed by atoms with E-state index in [0.717, 1.165) is 31.6 Å². The highest BCUT2D eigenvalue weighted by Gasteiger charge is 2.26. The van der Waals surface area contributed by atoms with E-state index in [1.165, 1.54) is 19.3 Å². The molecule has 0 heterocycles. The number of hydrogen-bond donors (Lipinski definition) is 1. The number of carbonyl (C=O) groups is 2. The first-order valence-electron chi connectivity index (χ1n) is 10.3. The molecular weight excluding hydrogens is 342 g/mol. The van der Waals surface area contributed by atoms with E-state index in [2.05, 4.69) is 12.2 Å². The molecule has 1 aliphatic rings. The van der Waals surface area contributed by atoms with Crippen LogP contribution in [0.2, 0.25) is 0 Å². The number of nitrogens with one attached hydrogen (secondary N) is 1. The monoisotopic (exact) mass is 375 g/mol. The molecule has 5 heteroatoms. The summed E-state index contributed by atoms with van der Waals surface area (Å²) in [5, 5.41) is 3.01. The molecule has 1 aromatic rings. The van der Waals surface area contributed by atoms with Crippen LogP contribution in [0.3, 0.4) is 0 Å². The number of esters is 1. The van der Waals surface area contributed by atoms with Gasteiger partial charge in [0.2, 0.25) is 5.91 Å². The van der Waals surface area contributed by atoms with E-state index >= 15 is 0 Å². The fourth-order valence-electron chi connectivity index (χ4n) is 3.68. The molecule has 1 aliphatic carbocycles. The van der Waals surface area contributed by atoms with Crippen LogP contribution in [0, 0.1) is 11.8 Å². The highest BCUT2D eigenvalue weighted by Crippen LogP contribution is 2.34. The first-order chi connectivity index (χ1) is 13.1. The predicted octanol–water partition coefficient (Wildman–Crippen LogP) is 5.20. The lowest BCUT2D eigenvalue weighted by molar-refractivity contribution is -0.121. The highest BCUT2D eigenvalue weighted by atomic mass is 16.5. The number of carbonyl (C=O) groups excluding carboxylic acids is 2. The van der Waals surface area contributed by atoms with E-state index in [-0.39, 0.29) is 17.8 Å². The maximum absolute atomic E-state index is 12.7. The maximum atomic E-state index is 12.7. The molecule has 1 fully saturated rings. The molecule has 0 aliphatic heterocycles. The number of ether oxygens (including phenoxy) is 2. The number of rotatable bonds is 9. The van der Waals surface area contributed by atoms with Crippen LogP contribution < -0.4 is 10.1 Å². The topological polar surface area (TPSA) is 64.6 Å². The van der Waals surface area contributed by atoms with Crippen LogP contribution in [0.4, 0.5) is 5.69 Å². The fourth-order valence-corrected chi connectivity index (χ4v) is 3.68. The molecule has 0 aromatic heterocycles. The average Bonchev–Trinajstić information content (AvgIpc) is 2.68. The molecule has 1 saturated carbocycles. The molecule has 0 atom stereocenters. The third-order valence-electron chi connectivity index (χ3n) is 5.23. The summed E-state index contributed by atoms with van der Waals surface area (Å²) in [7, 11) is 0. The molecule has 27 heavy (non-hydrogen) atoms. The van der Waals surface area contributed by atoms with Crippen molar-refractivity contribution in [3.8, 4) is 5.75 Å². The molecule has 1 aromatic carbocycles. The van der Waals surface area contributed by atoms with Crippen LogP contribution in [0.15, 0.2) is 18.2 Å². The molecule has 1 N–H and O–H groups in total. The summed E-state index contributed by atoms with van der Waals surface area (Å²) >= 11 is 0. The van der Waals surface area contributed by atoms with E-state index in [1.807, 2.05) is 6.92 Å². The lowest BCUT2D eigenvalue weighted by Gasteiger charge is -2.28. The van der Waals surface area contributed by atoms with Crippen molar-refractivity contribution in [2.75, 3.05) is 18.5 Å². The van der Waals surface area contributed by atoms with E-state index < -0.39 is 0 Å². The summed E-state index contributed by atoms with van der Waals surface area (Å²) < 4.78 is 10.7. The smallest absolute Gasteiger partial charge is 0.338 e. The number of anilines is 1. The maximum Gasteiger partial charge on any atom is 0.338 e. The van der Waals surface area contributed by atoms with Gasteiger partial charge in [-0.25, -0.2) is 4.79 Å². The van der Waals surface area contributed by atoms with Gasteiger partial charge in [0.25, 0.3) is 0 Å². The van der Waals surface area contributed by atoms with Crippen LogP contribution in [0.1, 0.15) is 76.1 Å². The van der Waals surface area contributed by atoms with E-state index in [9.17, 15) is 9.59 Å². The molecule has 0 saturated heterocycles. The van der Waals surface area contributed by atoms with E-state index in [1.54, 1.807) is 25.1 Å². The normalized spacial score (nSPS) is 19.4. The van der Waals surface area contributed by atoms with Crippen LogP contribution in [0.25, 0.3) is 0 Å². The van der Waals surface area contributed by atoms with Gasteiger partial charge in [-0.15, -0.1) is 0 Å². The van der Waals surface area contributed by atoms with Crippen LogP contribution in [-0.2, 0) is 9.53 Å². The number of amides is 1. The Labute approximate surface area is 162 Å². The second-order valence-electron chi connectivity index (χ2n) is 7.21. The first-order valence-corrected chi connectivity index (χ1v) is 10.3. The van der Waals surface area contributed by atoms with Crippen molar-refractivity contribution in [3.63, 3.8) is 0 Å². The molecule has 0 bridgehead atoms. The Hall–Kier alpha value is -2.04. The van der Waals surface area contributed by atoms with Crippen LogP contribution in [0.5, 0.6) is 5.75 Å². The summed E-state index contributed by atoms with van der Waals surface area (Å²) in [6.07, 6.45) is 7.98. The number of unbranched alkanes of at least 4 members (excludes halogenated alkanes) is 1. The zero-order valence-corrected chi connectivity index (χ0v) is 16.9. The summed E-state index contributed by atoms with van der Waals surface area (Å²) in [5.74, 6) is 1.00. The molecule has 0 unspecified atom stereocenters. The Bertz CT molecular complexity index is 621. The number of hydrogen-bond acceptors (Lipinski definition) is 4. The van der Waals surface area contributed by atoms with Gasteiger partial charge in [0.1, 0.15) is 5.75 Å². The number of benzene rings is 1. The van der Waals surface area contributed by atoms with Crippen molar-refractivity contribution in [3.05, 3.63) is 23.8 Å². The zero-order valence-electron chi connectivity index (χ0n) is 16.9. The SMILES string of the molecule is CCCCC1CCC(C(=O)Nc2ccc(C(=O)OCC)cc2OCC)CC1. The Morgan fingerprint density at radius 3 is 2.44 bits per heavy atom. The van der Waals surface area contributed by atoms with Crippen molar-refractivity contribution >= 4 is 17.6 Å². The Morgan fingerprint density at radius 2 is 1.81 bits per heavy atom. The van der Waals surface area contributed by atoms with E-state index in [4.69, 9.17) is 9.47 Å². The molecule has 5 nitrogen and oxygen atoms in total. The van der Waals surface area contributed by atoms with Gasteiger partial charge in [-0.05, 0) is 63.6 Å². The summed E-state index contributed by atoms with van der Waals surface area (Å²) in [6, 6.07) is 5.03. The highest BCUT2D eigenvalue weighted by molar-refractivity contribution is 5.96. The standard InChI is InChI=1S/C22H33NO4/c1-4-7-8-16-9-11-17(12-10-16)21(24)23-19-14-13-18(22(25)27-6-3)15-20(19)26-5-2/h13-17H,4-12H2,1-3H3,(H,23,24). The fraction of sp³-hybridized carbons (Fsp3) is 0.636. The van der Waals surface area contributed by atoms with Gasteiger partial charge < -0.3 is 14.8 Å². The summed E-state index contributed by atoms with van der Waals surface area (Å²) in [6.45, 7) is 6.65. The quantitative estimate of drug-likeness (QED) is 0.603. The van der Waals surface area contributed by atoms with Crippen LogP contribution in [-0.4, -0.2) is 25.1 Å². The summed E-state index contributed by atoms with van der Waals surface area (Å²) in [4.78, 5) is 24.6. The average molecular weight is 376 g/mol. The van der Waals surface area contributed by atoms with Gasteiger partial charge in [-0.3, -0.25) is 4.79 Å². The van der Waals surface area contributed by atoms with Gasteiger partial charge >= 0.3 is 5.97 Å². The third kappa shape index (κ3) is 6.26. The van der Waals surface area contributed by atoms with E-state index in [0.29, 0.717) is 30.2 Å². The lowest BCUT2D eigenvalue weighted by Crippen LogP contribution is -2.27. The van der Waals surface area contributed by atoms with Crippen molar-refractivity contribution in [2.24, 2.45) is 11.8 Å². The van der Waals surface area contributed by atoms with Crippen molar-refractivity contribution in [1.29, 1.82) is 0 Å². The molecule has 2 rings (SSSR count). The van der Waals surface area contributed by atoms with Crippen molar-refractivity contribution < 1.29 is 19.1 Å². The van der Waals surface area contributed by atoms with Gasteiger partial charge in [0, 0.05) is 5.92 Å². The molecular formula is C22H33NO4. The molecule has 0 spiro atoms. The third-order valence-corrected chi connectivity index (χ3v) is 5.23. The van der Waals surface area contributed by atoms with Crippen molar-refractivity contribution in [1.82, 2.24) is 0 Å². The first kappa shape index (κ1) is 21.3. The Morgan fingerprint density at radius 1 is 1.07 bits per heavy atom. The minimum atomic E-state index is -0.387. The predicted molar refractivity (Wildman–Crippen MR) is 107 cm³/mol. The van der Waals surface area contributed by atoms with Gasteiger partial charge in [-0.1, -0.05) is 26.2 Å². The minimum absolute atomic E-state index is 0.0498. The van der Waals surface area contributed by atoms with Gasteiger partial charge in [0.15, 0.2) is 0 Å². The zero-order chi connectivity index (χ0) is 19.6. The van der Waals surface area contributed by atoms with Crippen molar-refractivity contribution in [2.45, 2.75) is 65.7 Å². The Balaban J connectivity index is 1.99. The van der Waals surface area contributed by atoms with Gasteiger partial charge in [0.05, 0.1) is 24.5 Å². The Kier molecular flexibility index (Phi) is 8.62. The second kappa shape index (κ2) is 11.0. The van der Waals surface area contributed by atoms with Gasteiger partial charge in [-0.2, -0.15) is 0 Å². The summed E-state index contributed by atoms with van der Waals surface area (Å²) in [5.41, 5.74) is 1.04. The molecule has 0 radical (unpaired) electrons. The largest absolute Gasteiger partial charge is 0.492 e. The molecule has 1 amide bonds.